The SMILES string of the molecule is CC1CN(C(c2ccc(Br)cc2)C(C)N)CC(CO)O1. The molecule has 5 heteroatoms. The van der Waals surface area contributed by atoms with E-state index in [4.69, 9.17) is 10.5 Å². The molecule has 1 heterocycles. The fourth-order valence-corrected chi connectivity index (χ4v) is 3.18. The molecule has 4 nitrogen and oxygen atoms in total. The molecule has 0 aromatic heterocycles. The Morgan fingerprint density at radius 3 is 2.60 bits per heavy atom. The van der Waals surface area contributed by atoms with Crippen molar-refractivity contribution < 1.29 is 9.84 Å². The molecule has 4 unspecified atom stereocenters. The molecule has 0 spiro atoms. The molecule has 3 N–H and O–H groups in total. The Balaban J connectivity index is 2.21. The Labute approximate surface area is 129 Å². The van der Waals surface area contributed by atoms with Gasteiger partial charge < -0.3 is 15.6 Å². The van der Waals surface area contributed by atoms with Gasteiger partial charge in [0.2, 0.25) is 0 Å². The zero-order valence-corrected chi connectivity index (χ0v) is 13.6. The van der Waals surface area contributed by atoms with Gasteiger partial charge in [-0.1, -0.05) is 28.1 Å². The maximum Gasteiger partial charge on any atom is 0.0936 e. The van der Waals surface area contributed by atoms with Gasteiger partial charge in [0, 0.05) is 29.6 Å². The van der Waals surface area contributed by atoms with E-state index in [9.17, 15) is 5.11 Å². The van der Waals surface area contributed by atoms with E-state index in [1.165, 1.54) is 5.56 Å². The zero-order chi connectivity index (χ0) is 14.7. The van der Waals surface area contributed by atoms with Crippen molar-refractivity contribution >= 4 is 15.9 Å². The summed E-state index contributed by atoms with van der Waals surface area (Å²) in [7, 11) is 0. The van der Waals surface area contributed by atoms with Crippen LogP contribution in [0, 0.1) is 0 Å². The lowest BCUT2D eigenvalue weighted by molar-refractivity contribution is -0.107. The summed E-state index contributed by atoms with van der Waals surface area (Å²) in [4.78, 5) is 2.32. The number of aliphatic hydroxyl groups is 1. The smallest absolute Gasteiger partial charge is 0.0936 e. The lowest BCUT2D eigenvalue weighted by Crippen LogP contribution is -2.52. The van der Waals surface area contributed by atoms with Crippen molar-refractivity contribution in [2.75, 3.05) is 19.7 Å². The van der Waals surface area contributed by atoms with Crippen LogP contribution in [0.3, 0.4) is 0 Å². The van der Waals surface area contributed by atoms with Gasteiger partial charge in [-0.05, 0) is 31.5 Å². The highest BCUT2D eigenvalue weighted by Crippen LogP contribution is 2.28. The van der Waals surface area contributed by atoms with Crippen LogP contribution in [0.25, 0.3) is 0 Å². The quantitative estimate of drug-likeness (QED) is 0.877. The molecular formula is C15H23BrN2O2. The van der Waals surface area contributed by atoms with Crippen LogP contribution >= 0.6 is 15.9 Å². The fraction of sp³-hybridized carbons (Fsp3) is 0.600. The van der Waals surface area contributed by atoms with Gasteiger partial charge in [-0.25, -0.2) is 0 Å². The molecule has 1 aliphatic rings. The molecule has 1 fully saturated rings. The number of nitrogens with zero attached hydrogens (tertiary/aromatic N) is 1. The van der Waals surface area contributed by atoms with E-state index < -0.39 is 0 Å². The maximum absolute atomic E-state index is 9.36. The molecule has 1 saturated heterocycles. The van der Waals surface area contributed by atoms with E-state index in [-0.39, 0.29) is 30.9 Å². The van der Waals surface area contributed by atoms with E-state index in [0.29, 0.717) is 6.54 Å². The summed E-state index contributed by atoms with van der Waals surface area (Å²) < 4.78 is 6.77. The first kappa shape index (κ1) is 15.9. The second kappa shape index (κ2) is 7.00. The third kappa shape index (κ3) is 3.80. The molecule has 4 atom stereocenters. The summed E-state index contributed by atoms with van der Waals surface area (Å²) in [6.07, 6.45) is -0.0203. The molecule has 0 bridgehead atoms. The maximum atomic E-state index is 9.36. The second-order valence-corrected chi connectivity index (χ2v) is 6.48. The minimum atomic E-state index is -0.129. The predicted molar refractivity (Wildman–Crippen MR) is 83.5 cm³/mol. The first-order valence-electron chi connectivity index (χ1n) is 7.02. The van der Waals surface area contributed by atoms with Crippen molar-refractivity contribution in [1.29, 1.82) is 0 Å². The third-order valence-electron chi connectivity index (χ3n) is 3.66. The molecule has 1 aromatic rings. The van der Waals surface area contributed by atoms with Crippen LogP contribution in [0.4, 0.5) is 0 Å². The number of hydrogen-bond donors (Lipinski definition) is 2. The van der Waals surface area contributed by atoms with Gasteiger partial charge in [0.25, 0.3) is 0 Å². The van der Waals surface area contributed by atoms with E-state index in [1.54, 1.807) is 0 Å². The average Bonchev–Trinajstić information content (AvgIpc) is 2.40. The number of nitrogens with two attached hydrogens (primary N) is 1. The minimum absolute atomic E-state index is 0.0146. The minimum Gasteiger partial charge on any atom is -0.394 e. The number of hydrogen-bond acceptors (Lipinski definition) is 4. The summed E-state index contributed by atoms with van der Waals surface area (Å²) in [6, 6.07) is 8.44. The van der Waals surface area contributed by atoms with Crippen molar-refractivity contribution in [2.24, 2.45) is 5.73 Å². The van der Waals surface area contributed by atoms with Crippen molar-refractivity contribution in [1.82, 2.24) is 4.90 Å². The Bertz CT molecular complexity index is 424. The summed E-state index contributed by atoms with van der Waals surface area (Å²) in [5, 5.41) is 9.36. The largest absolute Gasteiger partial charge is 0.394 e. The molecule has 0 amide bonds. The van der Waals surface area contributed by atoms with Crippen LogP contribution in [0.1, 0.15) is 25.5 Å². The van der Waals surface area contributed by atoms with Gasteiger partial charge >= 0.3 is 0 Å². The standard InChI is InChI=1S/C15H23BrN2O2/c1-10-7-18(8-14(9-19)20-10)15(11(2)17)12-3-5-13(16)6-4-12/h3-6,10-11,14-15,19H,7-9,17H2,1-2H3. The highest BCUT2D eigenvalue weighted by molar-refractivity contribution is 9.10. The van der Waals surface area contributed by atoms with E-state index in [0.717, 1.165) is 11.0 Å². The van der Waals surface area contributed by atoms with Crippen LogP contribution in [0.15, 0.2) is 28.7 Å². The van der Waals surface area contributed by atoms with Crippen LogP contribution in [0.2, 0.25) is 0 Å². The Morgan fingerprint density at radius 1 is 1.40 bits per heavy atom. The second-order valence-electron chi connectivity index (χ2n) is 5.56. The molecule has 0 saturated carbocycles. The number of morpholine rings is 1. The number of halogens is 1. The van der Waals surface area contributed by atoms with E-state index in [2.05, 4.69) is 33.0 Å². The molecule has 1 aliphatic heterocycles. The van der Waals surface area contributed by atoms with Crippen molar-refractivity contribution in [2.45, 2.75) is 38.1 Å². The van der Waals surface area contributed by atoms with Crippen LogP contribution in [0.5, 0.6) is 0 Å². The number of rotatable bonds is 4. The third-order valence-corrected chi connectivity index (χ3v) is 4.19. The van der Waals surface area contributed by atoms with E-state index >= 15 is 0 Å². The first-order valence-corrected chi connectivity index (χ1v) is 7.82. The molecule has 20 heavy (non-hydrogen) atoms. The molecular weight excluding hydrogens is 320 g/mol. The predicted octanol–water partition coefficient (Wildman–Crippen LogP) is 1.92. The molecule has 112 valence electrons. The summed E-state index contributed by atoms with van der Waals surface area (Å²) in [6.45, 7) is 5.66. The summed E-state index contributed by atoms with van der Waals surface area (Å²) in [5.41, 5.74) is 7.42. The highest BCUT2D eigenvalue weighted by atomic mass is 79.9. The lowest BCUT2D eigenvalue weighted by atomic mass is 9.97. The topological polar surface area (TPSA) is 58.7 Å². The van der Waals surface area contributed by atoms with Gasteiger partial charge in [-0.3, -0.25) is 4.90 Å². The van der Waals surface area contributed by atoms with Gasteiger partial charge in [-0.15, -0.1) is 0 Å². The van der Waals surface area contributed by atoms with E-state index in [1.807, 2.05) is 26.0 Å². The average molecular weight is 343 g/mol. The number of ether oxygens (including phenoxy) is 1. The number of aliphatic hydroxyl groups excluding tert-OH is 1. The first-order chi connectivity index (χ1) is 9.51. The Morgan fingerprint density at radius 2 is 2.05 bits per heavy atom. The lowest BCUT2D eigenvalue weighted by Gasteiger charge is -2.42. The number of benzene rings is 1. The van der Waals surface area contributed by atoms with Crippen molar-refractivity contribution in [3.05, 3.63) is 34.3 Å². The molecule has 2 rings (SSSR count). The van der Waals surface area contributed by atoms with Crippen molar-refractivity contribution in [3.63, 3.8) is 0 Å². The molecule has 0 aliphatic carbocycles. The summed E-state index contributed by atoms with van der Waals surface area (Å²) >= 11 is 3.46. The highest BCUT2D eigenvalue weighted by Gasteiger charge is 2.32. The van der Waals surface area contributed by atoms with Gasteiger partial charge in [0.05, 0.1) is 18.8 Å². The Hall–Kier alpha value is -0.460. The normalized spacial score (nSPS) is 27.2. The van der Waals surface area contributed by atoms with Gasteiger partial charge in [0.1, 0.15) is 0 Å². The van der Waals surface area contributed by atoms with Gasteiger partial charge in [-0.2, -0.15) is 0 Å². The van der Waals surface area contributed by atoms with Crippen LogP contribution in [-0.2, 0) is 4.74 Å². The molecule has 0 radical (unpaired) electrons. The Kier molecular flexibility index (Phi) is 5.57. The summed E-state index contributed by atoms with van der Waals surface area (Å²) in [5.74, 6) is 0. The zero-order valence-electron chi connectivity index (χ0n) is 12.0. The molecule has 1 aromatic carbocycles. The monoisotopic (exact) mass is 342 g/mol. The van der Waals surface area contributed by atoms with Crippen LogP contribution in [-0.4, -0.2) is 48.0 Å². The van der Waals surface area contributed by atoms with Crippen LogP contribution < -0.4 is 5.73 Å². The van der Waals surface area contributed by atoms with Gasteiger partial charge in [0.15, 0.2) is 0 Å². The fourth-order valence-electron chi connectivity index (χ4n) is 2.92. The van der Waals surface area contributed by atoms with Crippen molar-refractivity contribution in [3.8, 4) is 0 Å².